The van der Waals surface area contributed by atoms with Crippen molar-refractivity contribution in [2.24, 2.45) is 5.92 Å². The van der Waals surface area contributed by atoms with Crippen LogP contribution < -0.4 is 5.32 Å². The van der Waals surface area contributed by atoms with Crippen LogP contribution in [0.25, 0.3) is 0 Å². The number of rotatable bonds is 4. The average Bonchev–Trinajstić information content (AvgIpc) is 2.97. The van der Waals surface area contributed by atoms with Crippen LogP contribution in [-0.4, -0.2) is 12.1 Å². The van der Waals surface area contributed by atoms with Gasteiger partial charge in [-0.2, -0.15) is 0 Å². The van der Waals surface area contributed by atoms with Gasteiger partial charge in [-0.05, 0) is 24.3 Å². The highest BCUT2D eigenvalue weighted by Gasteiger charge is 2.25. The minimum absolute atomic E-state index is 0.203. The van der Waals surface area contributed by atoms with Crippen molar-refractivity contribution in [2.75, 3.05) is 0 Å². The van der Waals surface area contributed by atoms with Crippen LogP contribution >= 0.6 is 0 Å². The first-order valence-electron chi connectivity index (χ1n) is 6.73. The van der Waals surface area contributed by atoms with Crippen LogP contribution in [0.3, 0.4) is 0 Å². The Morgan fingerprint density at radius 3 is 2.68 bits per heavy atom. The van der Waals surface area contributed by atoms with E-state index in [2.05, 4.69) is 11.2 Å². The molecule has 3 heteroatoms. The van der Waals surface area contributed by atoms with Crippen LogP contribution in [0.4, 0.5) is 4.79 Å². The molecule has 1 aromatic carbocycles. The van der Waals surface area contributed by atoms with E-state index in [4.69, 9.17) is 11.2 Å². The second-order valence-corrected chi connectivity index (χ2v) is 4.89. The Kier molecular flexibility index (Phi) is 4.85. The van der Waals surface area contributed by atoms with Crippen molar-refractivity contribution < 1.29 is 9.53 Å². The SMILES string of the molecule is C#CC(NC(=O)OCc1ccccc1)C1CCCC1. The molecule has 1 aliphatic carbocycles. The number of hydrogen-bond donors (Lipinski definition) is 1. The average molecular weight is 257 g/mol. The number of nitrogens with one attached hydrogen (secondary N) is 1. The molecule has 3 nitrogen and oxygen atoms in total. The normalized spacial score (nSPS) is 16.6. The van der Waals surface area contributed by atoms with Gasteiger partial charge in [0.15, 0.2) is 0 Å². The first-order valence-corrected chi connectivity index (χ1v) is 6.73. The number of terminal acetylenes is 1. The lowest BCUT2D eigenvalue weighted by atomic mass is 9.99. The van der Waals surface area contributed by atoms with E-state index in [9.17, 15) is 4.79 Å². The van der Waals surface area contributed by atoms with E-state index in [0.29, 0.717) is 5.92 Å². The van der Waals surface area contributed by atoms with Crippen LogP contribution in [0.15, 0.2) is 30.3 Å². The summed E-state index contributed by atoms with van der Waals surface area (Å²) in [4.78, 5) is 11.7. The second-order valence-electron chi connectivity index (χ2n) is 4.89. The van der Waals surface area contributed by atoms with Crippen molar-refractivity contribution >= 4 is 6.09 Å². The fourth-order valence-electron chi connectivity index (χ4n) is 2.48. The Morgan fingerprint density at radius 2 is 2.05 bits per heavy atom. The number of benzene rings is 1. The third-order valence-electron chi connectivity index (χ3n) is 3.54. The van der Waals surface area contributed by atoms with Crippen LogP contribution in [0.5, 0.6) is 0 Å². The highest BCUT2D eigenvalue weighted by molar-refractivity contribution is 5.68. The topological polar surface area (TPSA) is 38.3 Å². The molecule has 1 atom stereocenters. The predicted molar refractivity (Wildman–Crippen MR) is 74.3 cm³/mol. The largest absolute Gasteiger partial charge is 0.445 e. The molecule has 1 unspecified atom stereocenters. The Bertz CT molecular complexity index is 444. The summed E-state index contributed by atoms with van der Waals surface area (Å²) in [6, 6.07) is 9.40. The van der Waals surface area contributed by atoms with Crippen LogP contribution in [0.1, 0.15) is 31.2 Å². The van der Waals surface area contributed by atoms with Gasteiger partial charge in [-0.15, -0.1) is 6.42 Å². The summed E-state index contributed by atoms with van der Waals surface area (Å²) < 4.78 is 5.17. The molecule has 2 rings (SSSR count). The molecule has 1 saturated carbocycles. The number of hydrogen-bond acceptors (Lipinski definition) is 2. The first-order chi connectivity index (χ1) is 9.29. The van der Waals surface area contributed by atoms with Gasteiger partial charge in [0.1, 0.15) is 6.61 Å². The second kappa shape index (κ2) is 6.84. The number of alkyl carbamates (subject to hydrolysis) is 1. The Hall–Kier alpha value is -1.95. The summed E-state index contributed by atoms with van der Waals surface area (Å²) in [5.41, 5.74) is 0.968. The smallest absolute Gasteiger partial charge is 0.408 e. The minimum Gasteiger partial charge on any atom is -0.445 e. The third-order valence-corrected chi connectivity index (χ3v) is 3.54. The van der Waals surface area contributed by atoms with Crippen LogP contribution in [-0.2, 0) is 11.3 Å². The van der Waals surface area contributed by atoms with Gasteiger partial charge >= 0.3 is 6.09 Å². The summed E-state index contributed by atoms with van der Waals surface area (Å²) in [6.45, 7) is 0.272. The van der Waals surface area contributed by atoms with Gasteiger partial charge in [0, 0.05) is 0 Å². The summed E-state index contributed by atoms with van der Waals surface area (Å²) in [5, 5.41) is 2.78. The molecular formula is C16H19NO2. The lowest BCUT2D eigenvalue weighted by Gasteiger charge is -2.19. The van der Waals surface area contributed by atoms with Gasteiger partial charge in [-0.1, -0.05) is 49.1 Å². The molecular weight excluding hydrogens is 238 g/mol. The maximum Gasteiger partial charge on any atom is 0.408 e. The molecule has 0 spiro atoms. The number of carbonyl (C=O) groups is 1. The third kappa shape index (κ3) is 4.03. The monoisotopic (exact) mass is 257 g/mol. The Labute approximate surface area is 114 Å². The highest BCUT2D eigenvalue weighted by Crippen LogP contribution is 2.27. The quantitative estimate of drug-likeness (QED) is 0.842. The molecule has 1 aliphatic rings. The molecule has 1 N–H and O–H groups in total. The van der Waals surface area contributed by atoms with Crippen molar-refractivity contribution in [2.45, 2.75) is 38.3 Å². The van der Waals surface area contributed by atoms with Crippen LogP contribution in [0, 0.1) is 18.3 Å². The standard InChI is InChI=1S/C16H19NO2/c1-2-15(14-10-6-7-11-14)17-16(18)19-12-13-8-4-3-5-9-13/h1,3-5,8-9,14-15H,6-7,10-12H2,(H,17,18). The van der Waals surface area contributed by atoms with Gasteiger partial charge in [0.2, 0.25) is 0 Å². The fourth-order valence-corrected chi connectivity index (χ4v) is 2.48. The lowest BCUT2D eigenvalue weighted by Crippen LogP contribution is -2.38. The lowest BCUT2D eigenvalue weighted by molar-refractivity contribution is 0.135. The van der Waals surface area contributed by atoms with Crippen molar-refractivity contribution in [3.05, 3.63) is 35.9 Å². The molecule has 0 heterocycles. The number of amides is 1. The van der Waals surface area contributed by atoms with Gasteiger partial charge in [-0.3, -0.25) is 0 Å². The van der Waals surface area contributed by atoms with E-state index in [0.717, 1.165) is 18.4 Å². The van der Waals surface area contributed by atoms with E-state index in [1.807, 2.05) is 30.3 Å². The maximum atomic E-state index is 11.7. The summed E-state index contributed by atoms with van der Waals surface area (Å²) in [5.74, 6) is 3.06. The van der Waals surface area contributed by atoms with Gasteiger partial charge in [-0.25, -0.2) is 4.79 Å². The van der Waals surface area contributed by atoms with E-state index < -0.39 is 6.09 Å². The molecule has 0 aromatic heterocycles. The first kappa shape index (κ1) is 13.5. The zero-order valence-electron chi connectivity index (χ0n) is 11.0. The molecule has 1 amide bonds. The van der Waals surface area contributed by atoms with Crippen molar-refractivity contribution in [3.8, 4) is 12.3 Å². The zero-order chi connectivity index (χ0) is 13.5. The van der Waals surface area contributed by atoms with Crippen LogP contribution in [0.2, 0.25) is 0 Å². The molecule has 0 radical (unpaired) electrons. The van der Waals surface area contributed by atoms with E-state index >= 15 is 0 Å². The van der Waals surface area contributed by atoms with Gasteiger partial charge in [0.05, 0.1) is 6.04 Å². The van der Waals surface area contributed by atoms with Crippen molar-refractivity contribution in [1.82, 2.24) is 5.32 Å². The van der Waals surface area contributed by atoms with Crippen molar-refractivity contribution in [3.63, 3.8) is 0 Å². The van der Waals surface area contributed by atoms with Gasteiger partial charge < -0.3 is 10.1 Å². The summed E-state index contributed by atoms with van der Waals surface area (Å²) >= 11 is 0. The molecule has 0 aliphatic heterocycles. The Morgan fingerprint density at radius 1 is 1.37 bits per heavy atom. The summed E-state index contributed by atoms with van der Waals surface area (Å²) in [7, 11) is 0. The fraction of sp³-hybridized carbons (Fsp3) is 0.438. The molecule has 100 valence electrons. The molecule has 19 heavy (non-hydrogen) atoms. The van der Waals surface area contributed by atoms with Gasteiger partial charge in [0.25, 0.3) is 0 Å². The molecule has 0 saturated heterocycles. The van der Waals surface area contributed by atoms with E-state index in [-0.39, 0.29) is 12.6 Å². The number of carbonyl (C=O) groups excluding carboxylic acids is 1. The zero-order valence-corrected chi connectivity index (χ0v) is 11.0. The highest BCUT2D eigenvalue weighted by atomic mass is 16.5. The molecule has 1 fully saturated rings. The predicted octanol–water partition coefficient (Wildman–Crippen LogP) is 3.10. The summed E-state index contributed by atoms with van der Waals surface area (Å²) in [6.07, 6.45) is 9.63. The Balaban J connectivity index is 1.78. The molecule has 0 bridgehead atoms. The maximum absolute atomic E-state index is 11.7. The number of ether oxygens (including phenoxy) is 1. The van der Waals surface area contributed by atoms with Crippen molar-refractivity contribution in [1.29, 1.82) is 0 Å². The van der Waals surface area contributed by atoms with E-state index in [1.165, 1.54) is 12.8 Å². The van der Waals surface area contributed by atoms with E-state index in [1.54, 1.807) is 0 Å². The minimum atomic E-state index is -0.432. The molecule has 1 aromatic rings.